The normalized spacial score (nSPS) is 20.5. The van der Waals surface area contributed by atoms with Gasteiger partial charge in [0.1, 0.15) is 11.4 Å². The molecular weight excluding hydrogens is 260 g/mol. The summed E-state index contributed by atoms with van der Waals surface area (Å²) in [6.45, 7) is 6.03. The zero-order valence-electron chi connectivity index (χ0n) is 13.7. The predicted molar refractivity (Wildman–Crippen MR) is 87.9 cm³/mol. The summed E-state index contributed by atoms with van der Waals surface area (Å²) >= 11 is 0. The van der Waals surface area contributed by atoms with Crippen LogP contribution in [-0.4, -0.2) is 13.2 Å². The van der Waals surface area contributed by atoms with Gasteiger partial charge >= 0.3 is 0 Å². The first-order chi connectivity index (χ1) is 10.3. The second-order valence-electron chi connectivity index (χ2n) is 6.34. The molecule has 1 aliphatic rings. The van der Waals surface area contributed by atoms with Crippen molar-refractivity contribution in [2.45, 2.75) is 70.8 Å². The highest BCUT2D eigenvalue weighted by molar-refractivity contribution is 5.39. The van der Waals surface area contributed by atoms with E-state index >= 15 is 0 Å². The molecule has 2 nitrogen and oxygen atoms in total. The molecule has 0 saturated carbocycles. The van der Waals surface area contributed by atoms with Crippen molar-refractivity contribution in [3.05, 3.63) is 29.8 Å². The molecule has 21 heavy (non-hydrogen) atoms. The first kappa shape index (κ1) is 16.4. The Bertz CT molecular complexity index is 410. The molecule has 1 aromatic rings. The van der Waals surface area contributed by atoms with Gasteiger partial charge in [-0.2, -0.15) is 0 Å². The molecule has 0 bridgehead atoms. The molecule has 2 heteroatoms. The zero-order valence-corrected chi connectivity index (χ0v) is 13.7. The number of hydrogen-bond acceptors (Lipinski definition) is 2. The maximum Gasteiger partial charge on any atom is 0.125 e. The van der Waals surface area contributed by atoms with Crippen LogP contribution in [0.3, 0.4) is 0 Å². The van der Waals surface area contributed by atoms with E-state index in [-0.39, 0.29) is 5.60 Å². The molecule has 2 rings (SSSR count). The van der Waals surface area contributed by atoms with Gasteiger partial charge < -0.3 is 9.47 Å². The highest BCUT2D eigenvalue weighted by Crippen LogP contribution is 2.42. The van der Waals surface area contributed by atoms with E-state index in [4.69, 9.17) is 9.47 Å². The van der Waals surface area contributed by atoms with Crippen LogP contribution < -0.4 is 4.74 Å². The fraction of sp³-hybridized carbons (Fsp3) is 0.684. The van der Waals surface area contributed by atoms with Crippen LogP contribution in [0.5, 0.6) is 5.75 Å². The third kappa shape index (κ3) is 5.35. The lowest BCUT2D eigenvalue weighted by Gasteiger charge is -2.13. The first-order valence-corrected chi connectivity index (χ1v) is 8.62. The summed E-state index contributed by atoms with van der Waals surface area (Å²) in [4.78, 5) is 0. The third-order valence-electron chi connectivity index (χ3n) is 4.29. The molecule has 1 fully saturated rings. The molecule has 1 saturated heterocycles. The summed E-state index contributed by atoms with van der Waals surface area (Å²) in [5.41, 5.74) is 1.10. The van der Waals surface area contributed by atoms with Crippen LogP contribution in [0.1, 0.15) is 70.8 Å². The fourth-order valence-corrected chi connectivity index (χ4v) is 2.71. The Balaban J connectivity index is 1.59. The van der Waals surface area contributed by atoms with Gasteiger partial charge in [-0.15, -0.1) is 0 Å². The van der Waals surface area contributed by atoms with Gasteiger partial charge in [0, 0.05) is 5.56 Å². The minimum absolute atomic E-state index is 0.101. The summed E-state index contributed by atoms with van der Waals surface area (Å²) in [7, 11) is 0. The molecule has 1 heterocycles. The standard InChI is InChI=1S/C19H30O2/c1-3-4-5-6-7-8-9-12-15-20-18-14-11-10-13-17(18)19(2)16-21-19/h10-11,13-14H,3-9,12,15-16H2,1-2H3. The highest BCUT2D eigenvalue weighted by Gasteiger charge is 2.43. The molecule has 0 aromatic heterocycles. The molecule has 1 atom stereocenters. The van der Waals surface area contributed by atoms with Gasteiger partial charge in [-0.1, -0.05) is 70.1 Å². The van der Waals surface area contributed by atoms with Crippen LogP contribution in [0.15, 0.2) is 24.3 Å². The smallest absolute Gasteiger partial charge is 0.125 e. The second-order valence-corrected chi connectivity index (χ2v) is 6.34. The lowest BCUT2D eigenvalue weighted by molar-refractivity contribution is 0.281. The van der Waals surface area contributed by atoms with Crippen molar-refractivity contribution in [1.29, 1.82) is 0 Å². The van der Waals surface area contributed by atoms with Crippen molar-refractivity contribution in [2.24, 2.45) is 0 Å². The van der Waals surface area contributed by atoms with E-state index < -0.39 is 0 Å². The van der Waals surface area contributed by atoms with Gasteiger partial charge in [-0.3, -0.25) is 0 Å². The Morgan fingerprint density at radius 2 is 1.62 bits per heavy atom. The summed E-state index contributed by atoms with van der Waals surface area (Å²) in [5, 5.41) is 0. The minimum Gasteiger partial charge on any atom is -0.493 e. The SMILES string of the molecule is CCCCCCCCCCOc1ccccc1C1(C)CO1. The number of ether oxygens (including phenoxy) is 2. The zero-order chi connectivity index (χ0) is 15.0. The van der Waals surface area contributed by atoms with Crippen molar-refractivity contribution in [2.75, 3.05) is 13.2 Å². The predicted octanol–water partition coefficient (Wildman–Crippen LogP) is 5.45. The summed E-state index contributed by atoms with van der Waals surface area (Å²) < 4.78 is 11.5. The van der Waals surface area contributed by atoms with E-state index in [2.05, 4.69) is 32.0 Å². The Labute approximate surface area is 129 Å². The van der Waals surface area contributed by atoms with Gasteiger partial charge in [0.15, 0.2) is 0 Å². The van der Waals surface area contributed by atoms with Gasteiger partial charge in [0.2, 0.25) is 0 Å². The molecule has 0 aliphatic carbocycles. The van der Waals surface area contributed by atoms with Crippen molar-refractivity contribution < 1.29 is 9.47 Å². The van der Waals surface area contributed by atoms with Crippen LogP contribution in [0.4, 0.5) is 0 Å². The lowest BCUT2D eigenvalue weighted by Crippen LogP contribution is -2.07. The van der Waals surface area contributed by atoms with E-state index in [1.807, 2.05) is 6.07 Å². The molecule has 0 radical (unpaired) electrons. The van der Waals surface area contributed by atoms with Gasteiger partial charge in [-0.05, 0) is 19.4 Å². The molecule has 0 spiro atoms. The number of rotatable bonds is 11. The van der Waals surface area contributed by atoms with Crippen LogP contribution in [0, 0.1) is 0 Å². The number of para-hydroxylation sites is 1. The molecule has 1 aromatic carbocycles. The van der Waals surface area contributed by atoms with Crippen molar-refractivity contribution >= 4 is 0 Å². The Morgan fingerprint density at radius 3 is 2.29 bits per heavy atom. The third-order valence-corrected chi connectivity index (χ3v) is 4.29. The lowest BCUT2D eigenvalue weighted by atomic mass is 10.0. The number of hydrogen-bond donors (Lipinski definition) is 0. The van der Waals surface area contributed by atoms with E-state index in [1.165, 1.54) is 50.5 Å². The summed E-state index contributed by atoms with van der Waals surface area (Å²) in [5.74, 6) is 1.00. The van der Waals surface area contributed by atoms with E-state index in [9.17, 15) is 0 Å². The molecule has 0 amide bonds. The molecular formula is C19H30O2. The molecule has 118 valence electrons. The molecule has 0 N–H and O–H groups in total. The monoisotopic (exact) mass is 290 g/mol. The Morgan fingerprint density at radius 1 is 1.00 bits per heavy atom. The summed E-state index contributed by atoms with van der Waals surface area (Å²) in [6, 6.07) is 8.28. The van der Waals surface area contributed by atoms with Gasteiger partial charge in [-0.25, -0.2) is 0 Å². The van der Waals surface area contributed by atoms with Gasteiger partial charge in [0.05, 0.1) is 13.2 Å². The first-order valence-electron chi connectivity index (χ1n) is 8.62. The van der Waals surface area contributed by atoms with Crippen LogP contribution in [0.25, 0.3) is 0 Å². The van der Waals surface area contributed by atoms with Crippen LogP contribution in [-0.2, 0) is 10.3 Å². The highest BCUT2D eigenvalue weighted by atomic mass is 16.6. The Hall–Kier alpha value is -1.02. The van der Waals surface area contributed by atoms with Crippen molar-refractivity contribution in [1.82, 2.24) is 0 Å². The number of unbranched alkanes of at least 4 members (excludes halogenated alkanes) is 7. The molecule has 1 unspecified atom stereocenters. The number of benzene rings is 1. The van der Waals surface area contributed by atoms with Crippen molar-refractivity contribution in [3.63, 3.8) is 0 Å². The Kier molecular flexibility index (Phi) is 6.56. The van der Waals surface area contributed by atoms with Crippen LogP contribution >= 0.6 is 0 Å². The largest absolute Gasteiger partial charge is 0.493 e. The quantitative estimate of drug-likeness (QED) is 0.399. The van der Waals surface area contributed by atoms with E-state index in [0.717, 1.165) is 25.4 Å². The minimum atomic E-state index is -0.101. The van der Waals surface area contributed by atoms with Crippen LogP contribution in [0.2, 0.25) is 0 Å². The van der Waals surface area contributed by atoms with Gasteiger partial charge in [0.25, 0.3) is 0 Å². The van der Waals surface area contributed by atoms with E-state index in [0.29, 0.717) is 0 Å². The fourth-order valence-electron chi connectivity index (χ4n) is 2.71. The number of epoxide rings is 1. The summed E-state index contributed by atoms with van der Waals surface area (Å²) in [6.07, 6.45) is 10.7. The van der Waals surface area contributed by atoms with Crippen molar-refractivity contribution in [3.8, 4) is 5.75 Å². The second kappa shape index (κ2) is 8.43. The maximum absolute atomic E-state index is 5.97. The molecule has 1 aliphatic heterocycles. The maximum atomic E-state index is 5.97. The average molecular weight is 290 g/mol. The van der Waals surface area contributed by atoms with E-state index in [1.54, 1.807) is 0 Å². The average Bonchev–Trinajstić information content (AvgIpc) is 3.25. The topological polar surface area (TPSA) is 21.8 Å².